The number of urea groups is 1. The van der Waals surface area contributed by atoms with Gasteiger partial charge in [-0.25, -0.2) is 4.79 Å². The molecule has 0 radical (unpaired) electrons. The number of hydrogen-bond acceptors (Lipinski definition) is 15. The number of nitrogens with one attached hydrogen (secondary N) is 2. The van der Waals surface area contributed by atoms with Gasteiger partial charge in [-0.05, 0) is 49.9 Å². The average Bonchev–Trinajstić information content (AvgIpc) is 3.80. The molecule has 66 heavy (non-hydrogen) atoms. The van der Waals surface area contributed by atoms with Crippen LogP contribution in [0.2, 0.25) is 0 Å². The fourth-order valence-electron chi connectivity index (χ4n) is 9.83. The highest BCUT2D eigenvalue weighted by atomic mass is 16.5. The van der Waals surface area contributed by atoms with Gasteiger partial charge in [0.1, 0.15) is 18.5 Å². The Balaban J connectivity index is 0.786. The number of nitriles is 1. The van der Waals surface area contributed by atoms with Crippen LogP contribution in [-0.2, 0) is 32.0 Å². The molecule has 6 amide bonds. The first kappa shape index (κ1) is 44.3. The number of primary amides is 1. The Morgan fingerprint density at radius 3 is 2.59 bits per heavy atom. The van der Waals surface area contributed by atoms with E-state index in [2.05, 4.69) is 67.8 Å². The highest BCUT2D eigenvalue weighted by Crippen LogP contribution is 2.36. The smallest absolute Gasteiger partial charge is 0.318 e. The fraction of sp³-hybridized carbons (Fsp3) is 0.447. The van der Waals surface area contributed by atoms with Crippen molar-refractivity contribution < 1.29 is 38.2 Å². The molecule has 6 heterocycles. The normalized spacial score (nSPS) is 22.1. The van der Waals surface area contributed by atoms with Gasteiger partial charge in [-0.2, -0.15) is 15.2 Å². The van der Waals surface area contributed by atoms with Crippen LogP contribution in [0.5, 0.6) is 6.01 Å². The first-order valence-electron chi connectivity index (χ1n) is 22.5. The van der Waals surface area contributed by atoms with E-state index in [-0.39, 0.29) is 54.6 Å². The topological polar surface area (TPSA) is 229 Å². The number of anilines is 3. The Hall–Kier alpha value is -6.88. The number of piperidine rings is 1. The van der Waals surface area contributed by atoms with Crippen molar-refractivity contribution in [2.45, 2.75) is 62.9 Å². The number of carbonyl (C=O) groups excluding carboxylic acids is 5. The zero-order valence-corrected chi connectivity index (χ0v) is 36.8. The molecule has 5 aliphatic rings. The first-order valence-corrected chi connectivity index (χ1v) is 22.5. The van der Waals surface area contributed by atoms with Gasteiger partial charge < -0.3 is 40.0 Å². The second-order valence-corrected chi connectivity index (χ2v) is 17.3. The van der Waals surface area contributed by atoms with E-state index < -0.39 is 35.7 Å². The summed E-state index contributed by atoms with van der Waals surface area (Å²) in [5, 5.41) is 17.3. The van der Waals surface area contributed by atoms with Crippen LogP contribution >= 0.6 is 0 Å². The van der Waals surface area contributed by atoms with Gasteiger partial charge in [-0.1, -0.05) is 42.5 Å². The number of hydrogen-bond donors (Lipinski definition) is 3. The Morgan fingerprint density at radius 2 is 1.76 bits per heavy atom. The third kappa shape index (κ3) is 9.03. The molecule has 1 aromatic heterocycles. The van der Waals surface area contributed by atoms with E-state index in [4.69, 9.17) is 29.9 Å². The van der Waals surface area contributed by atoms with E-state index in [0.29, 0.717) is 77.8 Å². The molecule has 5 aliphatic heterocycles. The minimum atomic E-state index is -1.03. The number of likely N-dealkylation sites (N-methyl/N-ethyl adjacent to an activating group) is 1. The van der Waals surface area contributed by atoms with Gasteiger partial charge in [-0.3, -0.25) is 34.3 Å². The van der Waals surface area contributed by atoms with E-state index in [9.17, 15) is 29.2 Å². The molecule has 0 saturated carbocycles. The minimum Gasteiger partial charge on any atom is -0.462 e. The number of nitrogens with zero attached hydrogens (tertiary/aromatic N) is 8. The molecule has 0 spiro atoms. The number of amides is 6. The molecular formula is C47H53N11O8. The van der Waals surface area contributed by atoms with Crippen molar-refractivity contribution in [2.75, 3.05) is 87.9 Å². The molecule has 4 N–H and O–H groups in total. The maximum absolute atomic E-state index is 13.4. The predicted molar refractivity (Wildman–Crippen MR) is 242 cm³/mol. The summed E-state index contributed by atoms with van der Waals surface area (Å²) < 4.78 is 18.5. The number of imide groups is 2. The second kappa shape index (κ2) is 19.3. The largest absolute Gasteiger partial charge is 0.462 e. The van der Waals surface area contributed by atoms with Crippen LogP contribution in [0.4, 0.5) is 22.0 Å². The van der Waals surface area contributed by atoms with E-state index in [0.717, 1.165) is 40.6 Å². The lowest BCUT2D eigenvalue weighted by molar-refractivity contribution is -0.136. The highest BCUT2D eigenvalue weighted by molar-refractivity contribution is 6.25. The Morgan fingerprint density at radius 1 is 0.924 bits per heavy atom. The summed E-state index contributed by atoms with van der Waals surface area (Å²) in [5.41, 5.74) is 9.65. The van der Waals surface area contributed by atoms with E-state index in [1.165, 1.54) is 10.8 Å². The van der Waals surface area contributed by atoms with Gasteiger partial charge in [0, 0.05) is 74.1 Å². The first-order chi connectivity index (χ1) is 32.1. The molecule has 0 bridgehead atoms. The van der Waals surface area contributed by atoms with Gasteiger partial charge in [-0.15, -0.1) is 0 Å². The summed E-state index contributed by atoms with van der Waals surface area (Å²) in [7, 11) is 2.04. The third-order valence-electron chi connectivity index (χ3n) is 13.2. The number of carbonyl (C=O) groups is 5. The molecule has 19 heteroatoms. The van der Waals surface area contributed by atoms with Gasteiger partial charge in [0.2, 0.25) is 11.8 Å². The SMILES string of the molecule is CN1C[C@H](OCCOCCNc2cccc3c2C(=O)N(C2CCC(=O)NC2=O)C3=O)C[C@H]1COc1nc2c(c(N3CCN(C(N)=O)[C@@H](CC#N)C3)n1)CCN(c1cccc3ccccc13)C2. The van der Waals surface area contributed by atoms with Crippen LogP contribution < -0.4 is 30.9 Å². The molecule has 9 rings (SSSR count). The Kier molecular flexibility index (Phi) is 13.0. The molecule has 1 unspecified atom stereocenters. The van der Waals surface area contributed by atoms with Crippen molar-refractivity contribution in [3.8, 4) is 12.1 Å². The predicted octanol–water partition coefficient (Wildman–Crippen LogP) is 2.67. The van der Waals surface area contributed by atoms with Crippen LogP contribution in [0, 0.1) is 11.3 Å². The van der Waals surface area contributed by atoms with Crippen molar-refractivity contribution in [3.63, 3.8) is 0 Å². The number of nitrogens with two attached hydrogens (primary N) is 1. The number of benzene rings is 3. The number of fused-ring (bicyclic) bond motifs is 3. The average molecular weight is 900 g/mol. The van der Waals surface area contributed by atoms with Gasteiger partial charge in [0.25, 0.3) is 11.8 Å². The van der Waals surface area contributed by atoms with Crippen molar-refractivity contribution in [2.24, 2.45) is 5.73 Å². The van der Waals surface area contributed by atoms with Gasteiger partial charge in [0.15, 0.2) is 0 Å². The summed E-state index contributed by atoms with van der Waals surface area (Å²) >= 11 is 0. The lowest BCUT2D eigenvalue weighted by Gasteiger charge is -2.41. The number of ether oxygens (including phenoxy) is 3. The maximum atomic E-state index is 13.4. The summed E-state index contributed by atoms with van der Waals surface area (Å²) in [6, 6.07) is 20.3. The number of rotatable bonds is 15. The molecule has 3 fully saturated rings. The number of piperazine rings is 1. The number of aromatic nitrogens is 2. The van der Waals surface area contributed by atoms with Gasteiger partial charge in [0.05, 0.1) is 67.8 Å². The lowest BCUT2D eigenvalue weighted by atomic mass is 10.0. The van der Waals surface area contributed by atoms with Crippen LogP contribution in [0.15, 0.2) is 60.7 Å². The zero-order chi connectivity index (χ0) is 45.9. The molecule has 19 nitrogen and oxygen atoms in total. The van der Waals surface area contributed by atoms with Crippen LogP contribution in [-0.4, -0.2) is 151 Å². The monoisotopic (exact) mass is 899 g/mol. The van der Waals surface area contributed by atoms with E-state index in [1.807, 2.05) is 13.1 Å². The Labute approximate surface area is 381 Å². The second-order valence-electron chi connectivity index (χ2n) is 17.3. The number of likely N-dealkylation sites (tertiary alicyclic amines) is 1. The van der Waals surface area contributed by atoms with Crippen molar-refractivity contribution >= 4 is 57.6 Å². The molecule has 0 aliphatic carbocycles. The van der Waals surface area contributed by atoms with E-state index in [1.54, 1.807) is 23.1 Å². The van der Waals surface area contributed by atoms with Gasteiger partial charge >= 0.3 is 12.0 Å². The summed E-state index contributed by atoms with van der Waals surface area (Å²) in [5.74, 6) is -1.43. The third-order valence-corrected chi connectivity index (χ3v) is 13.2. The zero-order valence-electron chi connectivity index (χ0n) is 36.8. The standard InChI is InChI=1S/C47H53N11O8/c1-54-26-32(65-23-22-64-21-17-50-36-10-5-9-35-41(36)45(62)58(44(35)61)39-12-13-40(59)52-43(39)60)24-31(54)28-66-47-51-37-27-55(38-11-4-7-29-6-2-3-8-33(29)38)18-15-34(37)42(53-47)56-19-20-57(46(49)63)30(25-56)14-16-48/h2-11,30-32,39,50H,12-15,17-28H2,1H3,(H2,49,63)(H,52,59,60)/t30-,31-,32+,39?/m0/s1. The van der Waals surface area contributed by atoms with Crippen molar-refractivity contribution in [1.82, 2.24) is 30.0 Å². The summed E-state index contributed by atoms with van der Waals surface area (Å²) in [6.07, 6.45) is 1.70. The fourth-order valence-corrected chi connectivity index (χ4v) is 9.83. The maximum Gasteiger partial charge on any atom is 0.318 e. The molecule has 3 saturated heterocycles. The molecule has 4 aromatic rings. The molecule has 3 aromatic carbocycles. The van der Waals surface area contributed by atoms with Crippen molar-refractivity contribution in [3.05, 3.63) is 83.0 Å². The summed E-state index contributed by atoms with van der Waals surface area (Å²) in [6.45, 7) is 5.10. The molecule has 344 valence electrons. The van der Waals surface area contributed by atoms with Crippen LogP contribution in [0.1, 0.15) is 57.7 Å². The summed E-state index contributed by atoms with van der Waals surface area (Å²) in [4.78, 5) is 82.2. The Bertz CT molecular complexity index is 2580. The van der Waals surface area contributed by atoms with Crippen molar-refractivity contribution in [1.29, 1.82) is 5.26 Å². The van der Waals surface area contributed by atoms with Crippen LogP contribution in [0.3, 0.4) is 0 Å². The van der Waals surface area contributed by atoms with Crippen LogP contribution in [0.25, 0.3) is 10.8 Å². The highest BCUT2D eigenvalue weighted by Gasteiger charge is 2.45. The molecule has 4 atom stereocenters. The lowest BCUT2D eigenvalue weighted by Crippen LogP contribution is -2.57. The minimum absolute atomic E-state index is 0.0408. The quantitative estimate of drug-likeness (QED) is 0.115. The molecular weight excluding hydrogens is 847 g/mol. The van der Waals surface area contributed by atoms with E-state index >= 15 is 0 Å².